The van der Waals surface area contributed by atoms with Crippen molar-refractivity contribution in [3.63, 3.8) is 0 Å². The number of rotatable bonds is 3. The summed E-state index contributed by atoms with van der Waals surface area (Å²) in [6.07, 6.45) is 4.81. The molecule has 1 saturated heterocycles. The second-order valence-electron chi connectivity index (χ2n) is 5.88. The van der Waals surface area contributed by atoms with Crippen molar-refractivity contribution in [3.05, 3.63) is 29.6 Å². The van der Waals surface area contributed by atoms with Gasteiger partial charge in [0.2, 0.25) is 0 Å². The number of hydrogen-bond acceptors (Lipinski definition) is 2. The maximum Gasteiger partial charge on any atom is 0.161 e. The van der Waals surface area contributed by atoms with Crippen molar-refractivity contribution in [2.75, 3.05) is 6.54 Å². The van der Waals surface area contributed by atoms with Gasteiger partial charge in [-0.05, 0) is 32.7 Å². The van der Waals surface area contributed by atoms with Crippen LogP contribution in [0.4, 0.5) is 8.78 Å². The van der Waals surface area contributed by atoms with E-state index >= 15 is 0 Å². The highest BCUT2D eigenvalue weighted by Crippen LogP contribution is 2.29. The highest BCUT2D eigenvalue weighted by atomic mass is 19.2. The Hall–Kier alpha value is -1.49. The summed E-state index contributed by atoms with van der Waals surface area (Å²) in [5.41, 5.74) is 1.04. The molecule has 114 valence electrons. The molecule has 1 N–H and O–H groups in total. The molecule has 3 rings (SSSR count). The first-order valence-electron chi connectivity index (χ1n) is 7.70. The predicted octanol–water partition coefficient (Wildman–Crippen LogP) is 4.17. The monoisotopic (exact) mass is 293 g/mol. The highest BCUT2D eigenvalue weighted by Gasteiger charge is 2.27. The maximum absolute atomic E-state index is 13.3. The average Bonchev–Trinajstić information content (AvgIpc) is 2.89. The lowest BCUT2D eigenvalue weighted by Gasteiger charge is -2.38. The number of fused-ring (bicyclic) bond motifs is 1. The minimum absolute atomic E-state index is 0.133. The zero-order valence-electron chi connectivity index (χ0n) is 12.5. The van der Waals surface area contributed by atoms with Crippen LogP contribution in [-0.2, 0) is 0 Å². The van der Waals surface area contributed by atoms with Gasteiger partial charge in [-0.15, -0.1) is 0 Å². The fourth-order valence-electron chi connectivity index (χ4n) is 3.35. The van der Waals surface area contributed by atoms with Gasteiger partial charge < -0.3 is 4.98 Å². The van der Waals surface area contributed by atoms with Crippen LogP contribution in [0.1, 0.15) is 51.4 Å². The lowest BCUT2D eigenvalue weighted by atomic mass is 9.98. The van der Waals surface area contributed by atoms with E-state index < -0.39 is 11.6 Å². The number of halogens is 2. The first-order chi connectivity index (χ1) is 10.1. The fourth-order valence-corrected chi connectivity index (χ4v) is 3.35. The summed E-state index contributed by atoms with van der Waals surface area (Å²) >= 11 is 0. The molecular weight excluding hydrogens is 272 g/mol. The molecule has 1 aliphatic heterocycles. The largest absolute Gasteiger partial charge is 0.341 e. The molecule has 2 unspecified atom stereocenters. The maximum atomic E-state index is 13.3. The van der Waals surface area contributed by atoms with Gasteiger partial charge in [-0.2, -0.15) is 0 Å². The summed E-state index contributed by atoms with van der Waals surface area (Å²) in [6, 6.07) is 3.04. The third kappa shape index (κ3) is 2.67. The van der Waals surface area contributed by atoms with Crippen molar-refractivity contribution in [3.8, 4) is 0 Å². The lowest BCUT2D eigenvalue weighted by Crippen LogP contribution is -2.41. The quantitative estimate of drug-likeness (QED) is 0.921. The molecule has 3 nitrogen and oxygen atoms in total. The summed E-state index contributed by atoms with van der Waals surface area (Å²) < 4.78 is 26.6. The molecule has 1 aromatic heterocycles. The number of hydrogen-bond donors (Lipinski definition) is 1. The van der Waals surface area contributed by atoms with Gasteiger partial charge in [-0.1, -0.05) is 13.3 Å². The molecular formula is C16H21F2N3. The number of aromatic amines is 1. The highest BCUT2D eigenvalue weighted by molar-refractivity contribution is 5.75. The molecule has 0 amide bonds. The van der Waals surface area contributed by atoms with Crippen LogP contribution in [0.25, 0.3) is 11.0 Å². The number of nitrogens with one attached hydrogen (secondary N) is 1. The van der Waals surface area contributed by atoms with Gasteiger partial charge in [0.05, 0.1) is 17.1 Å². The number of nitrogens with zero attached hydrogens (tertiary/aromatic N) is 2. The first-order valence-corrected chi connectivity index (χ1v) is 7.70. The summed E-state index contributed by atoms with van der Waals surface area (Å²) in [5.74, 6) is -0.900. The van der Waals surface area contributed by atoms with Crippen LogP contribution < -0.4 is 0 Å². The molecule has 0 radical (unpaired) electrons. The van der Waals surface area contributed by atoms with Crippen molar-refractivity contribution in [2.45, 2.75) is 51.6 Å². The molecule has 0 spiro atoms. The minimum Gasteiger partial charge on any atom is -0.341 e. The van der Waals surface area contributed by atoms with Crippen LogP contribution >= 0.6 is 0 Å². The van der Waals surface area contributed by atoms with Crippen molar-refractivity contribution in [1.82, 2.24) is 14.9 Å². The van der Waals surface area contributed by atoms with Gasteiger partial charge in [0.25, 0.3) is 0 Å². The van der Waals surface area contributed by atoms with E-state index in [1.54, 1.807) is 0 Å². The van der Waals surface area contributed by atoms with Crippen molar-refractivity contribution >= 4 is 11.0 Å². The number of imidazole rings is 1. The third-order valence-corrected chi connectivity index (χ3v) is 4.58. The summed E-state index contributed by atoms with van der Waals surface area (Å²) in [4.78, 5) is 10.1. The molecule has 0 bridgehead atoms. The van der Waals surface area contributed by atoms with Crippen LogP contribution in [0.5, 0.6) is 0 Å². The van der Waals surface area contributed by atoms with E-state index in [1.807, 2.05) is 0 Å². The molecule has 2 atom stereocenters. The third-order valence-electron chi connectivity index (χ3n) is 4.58. The fraction of sp³-hybridized carbons (Fsp3) is 0.562. The van der Waals surface area contributed by atoms with Gasteiger partial charge in [-0.3, -0.25) is 4.90 Å². The second kappa shape index (κ2) is 5.72. The van der Waals surface area contributed by atoms with Gasteiger partial charge in [0, 0.05) is 18.2 Å². The normalized spacial score (nSPS) is 21.8. The van der Waals surface area contributed by atoms with Gasteiger partial charge >= 0.3 is 0 Å². The average molecular weight is 293 g/mol. The molecule has 1 fully saturated rings. The summed E-state index contributed by atoms with van der Waals surface area (Å²) in [5, 5.41) is 0. The SMILES string of the molecule is CCC1CCCCN1C(C)c1nc2cc(F)c(F)cc2[nH]1. The van der Waals surface area contributed by atoms with Crippen molar-refractivity contribution in [2.24, 2.45) is 0 Å². The van der Waals surface area contributed by atoms with Crippen LogP contribution in [0.3, 0.4) is 0 Å². The zero-order valence-corrected chi connectivity index (χ0v) is 12.5. The molecule has 21 heavy (non-hydrogen) atoms. The molecule has 2 aromatic rings. The van der Waals surface area contributed by atoms with Crippen LogP contribution in [0.15, 0.2) is 12.1 Å². The topological polar surface area (TPSA) is 31.9 Å². The number of likely N-dealkylation sites (tertiary alicyclic amines) is 1. The minimum atomic E-state index is -0.849. The Bertz CT molecular complexity index is 599. The Balaban J connectivity index is 1.91. The van der Waals surface area contributed by atoms with E-state index in [9.17, 15) is 8.78 Å². The van der Waals surface area contributed by atoms with Crippen LogP contribution in [0.2, 0.25) is 0 Å². The van der Waals surface area contributed by atoms with Crippen LogP contribution in [-0.4, -0.2) is 27.5 Å². The van der Waals surface area contributed by atoms with Gasteiger partial charge in [0.1, 0.15) is 5.82 Å². The smallest absolute Gasteiger partial charge is 0.161 e. The molecule has 1 aromatic carbocycles. The Morgan fingerprint density at radius 3 is 2.86 bits per heavy atom. The number of aromatic nitrogens is 2. The number of H-pyrrole nitrogens is 1. The van der Waals surface area contributed by atoms with Crippen molar-refractivity contribution in [1.29, 1.82) is 0 Å². The second-order valence-corrected chi connectivity index (χ2v) is 5.88. The molecule has 1 aliphatic rings. The van der Waals surface area contributed by atoms with E-state index in [0.29, 0.717) is 17.1 Å². The molecule has 2 heterocycles. The number of benzene rings is 1. The standard InChI is InChI=1S/C16H21F2N3/c1-3-11-6-4-5-7-21(11)10(2)16-19-14-8-12(17)13(18)9-15(14)20-16/h8-11H,3-7H2,1-2H3,(H,19,20). The molecule has 5 heteroatoms. The summed E-state index contributed by atoms with van der Waals surface area (Å²) in [6.45, 7) is 5.37. The first kappa shape index (κ1) is 14.4. The Morgan fingerprint density at radius 2 is 2.10 bits per heavy atom. The predicted molar refractivity (Wildman–Crippen MR) is 79.1 cm³/mol. The van der Waals surface area contributed by atoms with E-state index in [1.165, 1.54) is 25.3 Å². The Labute approximate surface area is 123 Å². The van der Waals surface area contributed by atoms with E-state index in [2.05, 4.69) is 28.7 Å². The number of piperidine rings is 1. The van der Waals surface area contributed by atoms with Gasteiger partial charge in [-0.25, -0.2) is 13.8 Å². The van der Waals surface area contributed by atoms with Crippen LogP contribution in [0, 0.1) is 11.6 Å². The Kier molecular flexibility index (Phi) is 3.93. The molecule has 0 saturated carbocycles. The Morgan fingerprint density at radius 1 is 1.33 bits per heavy atom. The molecule has 0 aliphatic carbocycles. The van der Waals surface area contributed by atoms with Gasteiger partial charge in [0.15, 0.2) is 11.6 Å². The van der Waals surface area contributed by atoms with Crippen molar-refractivity contribution < 1.29 is 8.78 Å². The van der Waals surface area contributed by atoms with E-state index in [4.69, 9.17) is 0 Å². The lowest BCUT2D eigenvalue weighted by molar-refractivity contribution is 0.0963. The zero-order chi connectivity index (χ0) is 15.0. The van der Waals surface area contributed by atoms with E-state index in [0.717, 1.165) is 24.9 Å². The summed E-state index contributed by atoms with van der Waals surface area (Å²) in [7, 11) is 0. The van der Waals surface area contributed by atoms with E-state index in [-0.39, 0.29) is 6.04 Å².